The lowest BCUT2D eigenvalue weighted by Gasteiger charge is -2.35. The number of nitrogens with one attached hydrogen (secondary N) is 2. The summed E-state index contributed by atoms with van der Waals surface area (Å²) in [6, 6.07) is 10.3. The Labute approximate surface area is 214 Å². The van der Waals surface area contributed by atoms with Crippen LogP contribution in [0.3, 0.4) is 0 Å². The summed E-state index contributed by atoms with van der Waals surface area (Å²) in [7, 11) is 0. The number of carbonyl (C=O) groups excluding carboxylic acids is 1. The minimum atomic E-state index is -0.419. The van der Waals surface area contributed by atoms with E-state index >= 15 is 0 Å². The van der Waals surface area contributed by atoms with E-state index in [1.807, 2.05) is 12.1 Å². The first-order chi connectivity index (χ1) is 17.4. The van der Waals surface area contributed by atoms with Crippen molar-refractivity contribution >= 4 is 11.8 Å². The summed E-state index contributed by atoms with van der Waals surface area (Å²) in [5.41, 5.74) is 7.78. The zero-order valence-corrected chi connectivity index (χ0v) is 21.7. The molecule has 9 heteroatoms. The number of urea groups is 1. The zero-order valence-electron chi connectivity index (χ0n) is 21.7. The minimum Gasteiger partial charge on any atom is -0.328 e. The van der Waals surface area contributed by atoms with Gasteiger partial charge < -0.3 is 20.9 Å². The number of piperazine rings is 1. The SMILES string of the molecule is CCN(C[C@H]1CCC[C@H](N)C1)C(C)Cc1ccc(-n2ccc(NC(=O)N3CCNCC3)nc2=O)cc1. The van der Waals surface area contributed by atoms with E-state index in [9.17, 15) is 9.59 Å². The average Bonchev–Trinajstić information content (AvgIpc) is 2.88. The fourth-order valence-electron chi connectivity index (χ4n) is 5.44. The van der Waals surface area contributed by atoms with Crippen LogP contribution in [0.2, 0.25) is 0 Å². The van der Waals surface area contributed by atoms with Gasteiger partial charge in [0.2, 0.25) is 0 Å². The zero-order chi connectivity index (χ0) is 25.5. The van der Waals surface area contributed by atoms with Gasteiger partial charge in [-0.1, -0.05) is 25.5 Å². The molecule has 9 nitrogen and oxygen atoms in total. The number of nitrogens with zero attached hydrogens (tertiary/aromatic N) is 4. The molecule has 1 saturated carbocycles. The molecule has 1 aromatic carbocycles. The lowest BCUT2D eigenvalue weighted by molar-refractivity contribution is 0.158. The molecule has 1 unspecified atom stereocenters. The highest BCUT2D eigenvalue weighted by molar-refractivity contribution is 5.88. The molecule has 1 aliphatic carbocycles. The Kier molecular flexibility index (Phi) is 9.12. The number of rotatable bonds is 8. The van der Waals surface area contributed by atoms with Gasteiger partial charge in [0, 0.05) is 51.0 Å². The number of likely N-dealkylation sites (N-methyl/N-ethyl adjacent to an activating group) is 1. The van der Waals surface area contributed by atoms with E-state index in [0.717, 1.165) is 51.1 Å². The fraction of sp³-hybridized carbons (Fsp3) is 0.593. The number of benzene rings is 1. The third-order valence-corrected chi connectivity index (χ3v) is 7.53. The molecule has 196 valence electrons. The van der Waals surface area contributed by atoms with E-state index in [1.54, 1.807) is 17.2 Å². The number of hydrogen-bond donors (Lipinski definition) is 3. The quantitative estimate of drug-likeness (QED) is 0.519. The summed E-state index contributed by atoms with van der Waals surface area (Å²) >= 11 is 0. The van der Waals surface area contributed by atoms with Crippen molar-refractivity contribution in [3.8, 4) is 5.69 Å². The third kappa shape index (κ3) is 6.93. The third-order valence-electron chi connectivity index (χ3n) is 7.53. The van der Waals surface area contributed by atoms with Crippen molar-refractivity contribution in [1.29, 1.82) is 0 Å². The van der Waals surface area contributed by atoms with Crippen molar-refractivity contribution in [3.05, 3.63) is 52.6 Å². The number of carbonyl (C=O) groups is 1. The Morgan fingerprint density at radius 2 is 1.97 bits per heavy atom. The summed E-state index contributed by atoms with van der Waals surface area (Å²) in [4.78, 5) is 33.4. The molecular weight excluding hydrogens is 454 g/mol. The summed E-state index contributed by atoms with van der Waals surface area (Å²) < 4.78 is 1.50. The predicted molar refractivity (Wildman–Crippen MR) is 144 cm³/mol. The molecule has 4 rings (SSSR count). The molecule has 1 saturated heterocycles. The van der Waals surface area contributed by atoms with Crippen molar-refractivity contribution in [3.63, 3.8) is 0 Å². The number of hydrogen-bond acceptors (Lipinski definition) is 6. The van der Waals surface area contributed by atoms with Crippen molar-refractivity contribution in [2.24, 2.45) is 11.7 Å². The van der Waals surface area contributed by atoms with E-state index in [4.69, 9.17) is 5.73 Å². The Bertz CT molecular complexity index is 1050. The van der Waals surface area contributed by atoms with Gasteiger partial charge in [-0.2, -0.15) is 4.98 Å². The lowest BCUT2D eigenvalue weighted by atomic mass is 9.85. The van der Waals surface area contributed by atoms with Gasteiger partial charge >= 0.3 is 11.7 Å². The normalized spacial score (nSPS) is 21.4. The van der Waals surface area contributed by atoms with Gasteiger partial charge in [-0.05, 0) is 68.8 Å². The van der Waals surface area contributed by atoms with E-state index in [2.05, 4.69) is 46.5 Å². The summed E-state index contributed by atoms with van der Waals surface area (Å²) in [5.74, 6) is 0.964. The van der Waals surface area contributed by atoms with Crippen LogP contribution in [0, 0.1) is 5.92 Å². The summed E-state index contributed by atoms with van der Waals surface area (Å²) in [5, 5.41) is 5.94. The first-order valence-electron chi connectivity index (χ1n) is 13.4. The maximum absolute atomic E-state index is 12.7. The number of nitrogens with two attached hydrogens (primary N) is 1. The van der Waals surface area contributed by atoms with E-state index in [0.29, 0.717) is 31.1 Å². The van der Waals surface area contributed by atoms with Gasteiger partial charge in [-0.25, -0.2) is 9.59 Å². The van der Waals surface area contributed by atoms with Crippen molar-refractivity contribution < 1.29 is 4.79 Å². The molecular formula is C27H41N7O2. The maximum Gasteiger partial charge on any atom is 0.354 e. The molecule has 0 spiro atoms. The van der Waals surface area contributed by atoms with Gasteiger partial charge in [0.15, 0.2) is 0 Å². The number of anilines is 1. The van der Waals surface area contributed by atoms with Crippen LogP contribution in [-0.4, -0.2) is 76.7 Å². The predicted octanol–water partition coefficient (Wildman–Crippen LogP) is 2.44. The highest BCUT2D eigenvalue weighted by atomic mass is 16.2. The van der Waals surface area contributed by atoms with Gasteiger partial charge in [0.25, 0.3) is 0 Å². The molecule has 0 bridgehead atoms. The Hall–Kier alpha value is -2.75. The standard InChI is InChI=1S/C27H41N7O2/c1-3-32(19-22-5-4-6-23(28)18-22)20(2)17-21-7-9-24(10-8-21)34-14-11-25(31-27(34)36)30-26(35)33-15-12-29-13-16-33/h7-11,14,20,22-23,29H,3-6,12-13,15-19,28H2,1-2H3,(H,30,31,35,36)/t20?,22-,23-/m0/s1. The van der Waals surface area contributed by atoms with Crippen LogP contribution in [-0.2, 0) is 6.42 Å². The van der Waals surface area contributed by atoms with Crippen LogP contribution in [0.25, 0.3) is 5.69 Å². The second-order valence-corrected chi connectivity index (χ2v) is 10.2. The molecule has 2 aromatic rings. The molecule has 2 heterocycles. The highest BCUT2D eigenvalue weighted by Crippen LogP contribution is 2.25. The first-order valence-corrected chi connectivity index (χ1v) is 13.4. The molecule has 2 amide bonds. The average molecular weight is 496 g/mol. The van der Waals surface area contributed by atoms with E-state index < -0.39 is 5.69 Å². The van der Waals surface area contributed by atoms with Crippen LogP contribution in [0.15, 0.2) is 41.3 Å². The molecule has 4 N–H and O–H groups in total. The molecule has 3 atom stereocenters. The molecule has 1 aromatic heterocycles. The van der Waals surface area contributed by atoms with Crippen LogP contribution in [0.5, 0.6) is 0 Å². The van der Waals surface area contributed by atoms with E-state index in [1.165, 1.54) is 23.0 Å². The fourth-order valence-corrected chi connectivity index (χ4v) is 5.44. The summed E-state index contributed by atoms with van der Waals surface area (Å²) in [6.45, 7) is 9.48. The summed E-state index contributed by atoms with van der Waals surface area (Å²) in [6.07, 6.45) is 7.45. The number of amides is 2. The van der Waals surface area contributed by atoms with Gasteiger partial charge in [0.05, 0.1) is 5.69 Å². The molecule has 0 radical (unpaired) electrons. The Morgan fingerprint density at radius 1 is 1.22 bits per heavy atom. The second-order valence-electron chi connectivity index (χ2n) is 10.2. The smallest absolute Gasteiger partial charge is 0.328 e. The topological polar surface area (TPSA) is 109 Å². The first kappa shape index (κ1) is 26.3. The van der Waals surface area contributed by atoms with E-state index in [-0.39, 0.29) is 11.8 Å². The van der Waals surface area contributed by atoms with Gasteiger partial charge in [-0.3, -0.25) is 9.88 Å². The molecule has 1 aliphatic heterocycles. The van der Waals surface area contributed by atoms with Gasteiger partial charge in [0.1, 0.15) is 5.82 Å². The van der Waals surface area contributed by atoms with Crippen molar-refractivity contribution in [2.75, 3.05) is 44.6 Å². The molecule has 2 aliphatic rings. The van der Waals surface area contributed by atoms with Crippen molar-refractivity contribution in [2.45, 2.75) is 58.0 Å². The monoisotopic (exact) mass is 495 g/mol. The van der Waals surface area contributed by atoms with Crippen molar-refractivity contribution in [1.82, 2.24) is 24.7 Å². The van der Waals surface area contributed by atoms with Crippen LogP contribution < -0.4 is 22.1 Å². The van der Waals surface area contributed by atoms with Crippen LogP contribution >= 0.6 is 0 Å². The minimum absolute atomic E-state index is 0.230. The maximum atomic E-state index is 12.7. The Morgan fingerprint density at radius 3 is 2.64 bits per heavy atom. The lowest BCUT2D eigenvalue weighted by Crippen LogP contribution is -2.48. The van der Waals surface area contributed by atoms with Crippen LogP contribution in [0.4, 0.5) is 10.6 Å². The second kappa shape index (κ2) is 12.5. The molecule has 36 heavy (non-hydrogen) atoms. The Balaban J connectivity index is 1.34. The number of aromatic nitrogens is 2. The van der Waals surface area contributed by atoms with Crippen LogP contribution in [0.1, 0.15) is 45.1 Å². The highest BCUT2D eigenvalue weighted by Gasteiger charge is 2.23. The largest absolute Gasteiger partial charge is 0.354 e. The van der Waals surface area contributed by atoms with Gasteiger partial charge in [-0.15, -0.1) is 0 Å². The molecule has 2 fully saturated rings.